The minimum atomic E-state index is -0.215. The Balaban J connectivity index is 0.00000264. The average molecular weight is 448 g/mol. The van der Waals surface area contributed by atoms with Gasteiger partial charge in [0.1, 0.15) is 5.82 Å². The molecule has 1 N–H and O–H groups in total. The van der Waals surface area contributed by atoms with Crippen LogP contribution in [0.25, 0.3) is 0 Å². The lowest BCUT2D eigenvalue weighted by Gasteiger charge is -2.22. The summed E-state index contributed by atoms with van der Waals surface area (Å²) >= 11 is 1.61. The Morgan fingerprint density at radius 1 is 1.43 bits per heavy atom. The third-order valence-corrected chi connectivity index (χ3v) is 4.14. The highest BCUT2D eigenvalue weighted by molar-refractivity contribution is 14.0. The molecule has 0 radical (unpaired) electrons. The molecule has 1 aromatic heterocycles. The highest BCUT2D eigenvalue weighted by Crippen LogP contribution is 2.13. The number of rotatable bonds is 5. The number of nitrogens with one attached hydrogen (secondary N) is 1. The van der Waals surface area contributed by atoms with Crippen LogP contribution in [0.3, 0.4) is 0 Å². The van der Waals surface area contributed by atoms with Gasteiger partial charge in [-0.05, 0) is 31.5 Å². The fourth-order valence-corrected chi connectivity index (χ4v) is 2.78. The van der Waals surface area contributed by atoms with Gasteiger partial charge in [-0.15, -0.1) is 35.3 Å². The number of guanidine groups is 1. The van der Waals surface area contributed by atoms with E-state index >= 15 is 0 Å². The minimum Gasteiger partial charge on any atom is -0.357 e. The molecule has 1 aromatic carbocycles. The monoisotopic (exact) mass is 448 g/mol. The number of benzene rings is 1. The summed E-state index contributed by atoms with van der Waals surface area (Å²) in [7, 11) is 1.95. The van der Waals surface area contributed by atoms with E-state index in [2.05, 4.69) is 15.3 Å². The first-order valence-electron chi connectivity index (χ1n) is 7.23. The first kappa shape index (κ1) is 19.8. The van der Waals surface area contributed by atoms with Crippen molar-refractivity contribution >= 4 is 41.3 Å². The van der Waals surface area contributed by atoms with Crippen LogP contribution in [0, 0.1) is 12.7 Å². The molecule has 0 amide bonds. The number of aromatic nitrogens is 1. The van der Waals surface area contributed by atoms with E-state index in [1.165, 1.54) is 6.07 Å². The molecular formula is C16H22FIN4S. The standard InChI is InChI=1S/C16H21FN4S.HI/c1-4-18-16(19-9-15-12(2)20-11-22-15)21(3)10-13-6-5-7-14(17)8-13;/h5-8,11H,4,9-10H2,1-3H3,(H,18,19);1H. The van der Waals surface area contributed by atoms with E-state index in [0.29, 0.717) is 13.1 Å². The number of halogens is 2. The van der Waals surface area contributed by atoms with Crippen LogP contribution in [0.5, 0.6) is 0 Å². The second-order valence-corrected chi connectivity index (χ2v) is 5.96. The molecule has 4 nitrogen and oxygen atoms in total. The molecule has 0 fully saturated rings. The van der Waals surface area contributed by atoms with Gasteiger partial charge in [-0.3, -0.25) is 0 Å². The summed E-state index contributed by atoms with van der Waals surface area (Å²) in [6.45, 7) is 6.01. The Bertz CT molecular complexity index is 645. The predicted molar refractivity (Wildman–Crippen MR) is 105 cm³/mol. The maximum Gasteiger partial charge on any atom is 0.194 e. The van der Waals surface area contributed by atoms with E-state index in [-0.39, 0.29) is 29.8 Å². The average Bonchev–Trinajstić information content (AvgIpc) is 2.88. The molecule has 0 saturated heterocycles. The van der Waals surface area contributed by atoms with Gasteiger partial charge < -0.3 is 10.2 Å². The molecular weight excluding hydrogens is 426 g/mol. The lowest BCUT2D eigenvalue weighted by atomic mass is 10.2. The zero-order valence-corrected chi connectivity index (χ0v) is 16.7. The fourth-order valence-electron chi connectivity index (χ4n) is 2.08. The quantitative estimate of drug-likeness (QED) is 0.430. The lowest BCUT2D eigenvalue weighted by molar-refractivity contribution is 0.475. The molecule has 126 valence electrons. The third kappa shape index (κ3) is 6.06. The van der Waals surface area contributed by atoms with Gasteiger partial charge in [0.2, 0.25) is 0 Å². The number of nitrogens with zero attached hydrogens (tertiary/aromatic N) is 3. The van der Waals surface area contributed by atoms with Gasteiger partial charge in [0.15, 0.2) is 5.96 Å². The number of aryl methyl sites for hydroxylation is 1. The molecule has 0 bridgehead atoms. The summed E-state index contributed by atoms with van der Waals surface area (Å²) < 4.78 is 13.3. The molecule has 0 unspecified atom stereocenters. The molecule has 0 saturated carbocycles. The largest absolute Gasteiger partial charge is 0.357 e. The van der Waals surface area contributed by atoms with Crippen LogP contribution < -0.4 is 5.32 Å². The van der Waals surface area contributed by atoms with Gasteiger partial charge in [-0.2, -0.15) is 0 Å². The molecule has 2 aromatic rings. The van der Waals surface area contributed by atoms with Crippen LogP contribution in [0.1, 0.15) is 23.1 Å². The Kier molecular flexibility index (Phi) is 8.46. The van der Waals surface area contributed by atoms with Gasteiger partial charge >= 0.3 is 0 Å². The Morgan fingerprint density at radius 3 is 2.83 bits per heavy atom. The van der Waals surface area contributed by atoms with Gasteiger partial charge in [-0.1, -0.05) is 12.1 Å². The van der Waals surface area contributed by atoms with Gasteiger partial charge in [0.25, 0.3) is 0 Å². The highest BCUT2D eigenvalue weighted by Gasteiger charge is 2.08. The van der Waals surface area contributed by atoms with Crippen LogP contribution in [0.2, 0.25) is 0 Å². The second-order valence-electron chi connectivity index (χ2n) is 5.02. The summed E-state index contributed by atoms with van der Waals surface area (Å²) in [6.07, 6.45) is 0. The van der Waals surface area contributed by atoms with Crippen LogP contribution in [-0.4, -0.2) is 29.4 Å². The smallest absolute Gasteiger partial charge is 0.194 e. The lowest BCUT2D eigenvalue weighted by Crippen LogP contribution is -2.38. The van der Waals surface area contributed by atoms with Crippen molar-refractivity contribution in [3.05, 3.63) is 51.7 Å². The number of aliphatic imine (C=N–C) groups is 1. The molecule has 0 atom stereocenters. The summed E-state index contributed by atoms with van der Waals surface area (Å²) in [5.74, 6) is 0.590. The van der Waals surface area contributed by atoms with Gasteiger partial charge in [0.05, 0.1) is 17.7 Å². The Morgan fingerprint density at radius 2 is 2.22 bits per heavy atom. The second kappa shape index (κ2) is 9.82. The van der Waals surface area contributed by atoms with Crippen molar-refractivity contribution in [2.75, 3.05) is 13.6 Å². The van der Waals surface area contributed by atoms with E-state index < -0.39 is 0 Å². The third-order valence-electron chi connectivity index (χ3n) is 3.22. The fraction of sp³-hybridized carbons (Fsp3) is 0.375. The first-order valence-corrected chi connectivity index (χ1v) is 8.11. The van der Waals surface area contributed by atoms with Crippen molar-refractivity contribution in [1.29, 1.82) is 0 Å². The zero-order chi connectivity index (χ0) is 15.9. The summed E-state index contributed by atoms with van der Waals surface area (Å²) in [6, 6.07) is 6.64. The van der Waals surface area contributed by atoms with Crippen molar-refractivity contribution < 1.29 is 4.39 Å². The van der Waals surface area contributed by atoms with Crippen molar-refractivity contribution in [3.8, 4) is 0 Å². The Labute approximate surface area is 157 Å². The summed E-state index contributed by atoms with van der Waals surface area (Å²) in [5, 5.41) is 3.27. The van der Waals surface area contributed by atoms with Crippen molar-refractivity contribution in [1.82, 2.24) is 15.2 Å². The number of thiazole rings is 1. The van der Waals surface area contributed by atoms with Crippen molar-refractivity contribution in [2.24, 2.45) is 4.99 Å². The topological polar surface area (TPSA) is 40.5 Å². The number of hydrogen-bond donors (Lipinski definition) is 1. The molecule has 7 heteroatoms. The van der Waals surface area contributed by atoms with Crippen molar-refractivity contribution in [3.63, 3.8) is 0 Å². The molecule has 23 heavy (non-hydrogen) atoms. The maximum absolute atomic E-state index is 13.3. The highest BCUT2D eigenvalue weighted by atomic mass is 127. The zero-order valence-electron chi connectivity index (χ0n) is 13.5. The van der Waals surface area contributed by atoms with E-state index in [1.807, 2.05) is 37.4 Å². The van der Waals surface area contributed by atoms with E-state index in [9.17, 15) is 4.39 Å². The molecule has 0 spiro atoms. The van der Waals surface area contributed by atoms with Crippen LogP contribution in [0.4, 0.5) is 4.39 Å². The van der Waals surface area contributed by atoms with Crippen LogP contribution in [-0.2, 0) is 13.1 Å². The molecule has 0 aliphatic heterocycles. The van der Waals surface area contributed by atoms with Gasteiger partial charge in [-0.25, -0.2) is 14.4 Å². The molecule has 2 rings (SSSR count). The summed E-state index contributed by atoms with van der Waals surface area (Å²) in [5.41, 5.74) is 3.78. The predicted octanol–water partition coefficient (Wildman–Crippen LogP) is 3.81. The van der Waals surface area contributed by atoms with E-state index in [0.717, 1.165) is 28.6 Å². The van der Waals surface area contributed by atoms with E-state index in [1.54, 1.807) is 23.5 Å². The molecule has 0 aliphatic rings. The Hall–Kier alpha value is -1.22. The summed E-state index contributed by atoms with van der Waals surface area (Å²) in [4.78, 5) is 12.0. The van der Waals surface area contributed by atoms with Gasteiger partial charge in [0, 0.05) is 25.0 Å². The van der Waals surface area contributed by atoms with E-state index in [4.69, 9.17) is 0 Å². The molecule has 1 heterocycles. The van der Waals surface area contributed by atoms with Crippen LogP contribution >= 0.6 is 35.3 Å². The molecule has 0 aliphatic carbocycles. The minimum absolute atomic E-state index is 0. The first-order chi connectivity index (χ1) is 10.6. The van der Waals surface area contributed by atoms with Crippen molar-refractivity contribution in [2.45, 2.75) is 26.9 Å². The maximum atomic E-state index is 13.3. The normalized spacial score (nSPS) is 11.0. The number of hydrogen-bond acceptors (Lipinski definition) is 3. The van der Waals surface area contributed by atoms with Crippen LogP contribution in [0.15, 0.2) is 34.8 Å². The SMILES string of the molecule is CCNC(=NCc1scnc1C)N(C)Cc1cccc(F)c1.I.